The number of nitrogens with zero attached hydrogens (tertiary/aromatic N) is 1. The van der Waals surface area contributed by atoms with Crippen molar-refractivity contribution < 1.29 is 13.9 Å². The second-order valence-corrected chi connectivity index (χ2v) is 5.39. The molecule has 1 aromatic heterocycles. The molecule has 0 fully saturated rings. The van der Waals surface area contributed by atoms with Gasteiger partial charge in [0, 0.05) is 17.9 Å². The molecule has 0 saturated heterocycles. The predicted molar refractivity (Wildman–Crippen MR) is 63.0 cm³/mol. The van der Waals surface area contributed by atoms with E-state index >= 15 is 0 Å². The summed E-state index contributed by atoms with van der Waals surface area (Å²) >= 11 is 1.30. The molecule has 0 unspecified atom stereocenters. The van der Waals surface area contributed by atoms with Crippen molar-refractivity contribution in [1.82, 2.24) is 9.97 Å². The van der Waals surface area contributed by atoms with Crippen molar-refractivity contribution in [2.24, 2.45) is 0 Å². The van der Waals surface area contributed by atoms with Crippen molar-refractivity contribution in [3.63, 3.8) is 0 Å². The first-order valence-corrected chi connectivity index (χ1v) is 6.04. The van der Waals surface area contributed by atoms with Gasteiger partial charge in [0.1, 0.15) is 0 Å². The lowest BCUT2D eigenvalue weighted by atomic mass is 10.2. The Morgan fingerprint density at radius 2 is 2.00 bits per heavy atom. The molecule has 2 rings (SSSR count). The Morgan fingerprint density at radius 3 is 2.65 bits per heavy atom. The number of hydrogen-bond donors (Lipinski definition) is 2. The summed E-state index contributed by atoms with van der Waals surface area (Å²) in [5, 5.41) is 10.1. The van der Waals surface area contributed by atoms with Gasteiger partial charge in [0.05, 0.1) is 16.6 Å². The van der Waals surface area contributed by atoms with E-state index in [1.54, 1.807) is 13.8 Å². The number of rotatable bonds is 3. The van der Waals surface area contributed by atoms with Crippen LogP contribution in [0.15, 0.2) is 17.3 Å². The molecule has 1 heterocycles. The fourth-order valence-corrected chi connectivity index (χ4v) is 2.13. The topological polar surface area (TPSA) is 48.9 Å². The Morgan fingerprint density at radius 1 is 1.35 bits per heavy atom. The summed E-state index contributed by atoms with van der Waals surface area (Å²) in [5.41, 5.74) is 0.00411. The molecule has 17 heavy (non-hydrogen) atoms. The molecule has 0 spiro atoms. The minimum Gasteiger partial charge on any atom is -0.390 e. The molecule has 0 aliphatic heterocycles. The van der Waals surface area contributed by atoms with E-state index in [0.29, 0.717) is 21.9 Å². The number of benzene rings is 1. The number of halogens is 2. The number of H-pyrrole nitrogens is 1. The first-order chi connectivity index (χ1) is 7.85. The summed E-state index contributed by atoms with van der Waals surface area (Å²) in [5.74, 6) is -1.37. The van der Waals surface area contributed by atoms with Gasteiger partial charge in [-0.15, -0.1) is 0 Å². The van der Waals surface area contributed by atoms with E-state index in [-0.39, 0.29) is 0 Å². The number of aromatic amines is 1. The maximum Gasteiger partial charge on any atom is 0.166 e. The summed E-state index contributed by atoms with van der Waals surface area (Å²) in [6.45, 7) is 3.37. The van der Waals surface area contributed by atoms with Gasteiger partial charge in [-0.2, -0.15) is 0 Å². The maximum atomic E-state index is 13.0. The molecule has 0 radical (unpaired) electrons. The molecule has 0 bridgehead atoms. The van der Waals surface area contributed by atoms with Crippen molar-refractivity contribution in [3.05, 3.63) is 23.8 Å². The van der Waals surface area contributed by atoms with E-state index in [1.165, 1.54) is 11.8 Å². The van der Waals surface area contributed by atoms with Crippen molar-refractivity contribution >= 4 is 22.8 Å². The number of imidazole rings is 1. The summed E-state index contributed by atoms with van der Waals surface area (Å²) in [7, 11) is 0. The van der Waals surface area contributed by atoms with Crippen LogP contribution in [-0.4, -0.2) is 26.4 Å². The lowest BCUT2D eigenvalue weighted by Crippen LogP contribution is -2.21. The number of thioether (sulfide) groups is 1. The van der Waals surface area contributed by atoms with Crippen LogP contribution in [0.1, 0.15) is 13.8 Å². The summed E-state index contributed by atoms with van der Waals surface area (Å²) < 4.78 is 25.9. The van der Waals surface area contributed by atoms with Gasteiger partial charge in [-0.3, -0.25) is 0 Å². The molecule has 6 heteroatoms. The zero-order valence-electron chi connectivity index (χ0n) is 9.42. The number of fused-ring (bicyclic) bond motifs is 1. The number of aliphatic hydroxyl groups is 1. The molecule has 2 N–H and O–H groups in total. The molecule has 0 saturated carbocycles. The molecule has 2 aromatic rings. The molecular formula is C11H12F2N2OS. The number of hydrogen-bond acceptors (Lipinski definition) is 3. The lowest BCUT2D eigenvalue weighted by molar-refractivity contribution is 0.107. The van der Waals surface area contributed by atoms with Crippen LogP contribution in [0.5, 0.6) is 0 Å². The highest BCUT2D eigenvalue weighted by Crippen LogP contribution is 2.24. The second-order valence-electron chi connectivity index (χ2n) is 4.43. The smallest absolute Gasteiger partial charge is 0.166 e. The molecular weight excluding hydrogens is 246 g/mol. The fraction of sp³-hybridized carbons (Fsp3) is 0.364. The Bertz CT molecular complexity index is 509. The molecule has 3 nitrogen and oxygen atoms in total. The van der Waals surface area contributed by atoms with Crippen molar-refractivity contribution in [3.8, 4) is 0 Å². The lowest BCUT2D eigenvalue weighted by Gasteiger charge is -2.14. The van der Waals surface area contributed by atoms with Crippen LogP contribution in [0, 0.1) is 11.6 Å². The highest BCUT2D eigenvalue weighted by atomic mass is 32.2. The van der Waals surface area contributed by atoms with Crippen LogP contribution in [-0.2, 0) is 0 Å². The van der Waals surface area contributed by atoms with Crippen LogP contribution >= 0.6 is 11.8 Å². The average molecular weight is 258 g/mol. The number of nitrogens with one attached hydrogen (secondary N) is 1. The SMILES string of the molecule is CC(C)(O)CSc1nc2cc(F)c(F)cc2[nH]1. The minimum absolute atomic E-state index is 0.377. The van der Waals surface area contributed by atoms with Crippen LogP contribution in [0.3, 0.4) is 0 Å². The zero-order chi connectivity index (χ0) is 12.6. The third-order valence-corrected chi connectivity index (χ3v) is 3.38. The summed E-state index contributed by atoms with van der Waals surface area (Å²) in [4.78, 5) is 6.98. The van der Waals surface area contributed by atoms with Crippen molar-refractivity contribution in [2.45, 2.75) is 24.6 Å². The van der Waals surface area contributed by atoms with Gasteiger partial charge in [0.15, 0.2) is 16.8 Å². The van der Waals surface area contributed by atoms with Gasteiger partial charge in [-0.1, -0.05) is 11.8 Å². The van der Waals surface area contributed by atoms with Gasteiger partial charge in [0.2, 0.25) is 0 Å². The predicted octanol–water partition coefficient (Wildman–Crippen LogP) is 2.70. The van der Waals surface area contributed by atoms with Crippen LogP contribution in [0.2, 0.25) is 0 Å². The first-order valence-electron chi connectivity index (χ1n) is 5.05. The van der Waals surface area contributed by atoms with E-state index in [2.05, 4.69) is 9.97 Å². The Hall–Kier alpha value is -1.14. The van der Waals surface area contributed by atoms with E-state index in [0.717, 1.165) is 12.1 Å². The Kier molecular flexibility index (Phi) is 3.09. The summed E-state index contributed by atoms with van der Waals surface area (Å²) in [6.07, 6.45) is 0. The van der Waals surface area contributed by atoms with Crippen LogP contribution < -0.4 is 0 Å². The third kappa shape index (κ3) is 2.95. The van der Waals surface area contributed by atoms with Crippen LogP contribution in [0.25, 0.3) is 11.0 Å². The summed E-state index contributed by atoms with van der Waals surface area (Å²) in [6, 6.07) is 2.13. The molecule has 1 aromatic carbocycles. The minimum atomic E-state index is -0.914. The monoisotopic (exact) mass is 258 g/mol. The fourth-order valence-electron chi connectivity index (χ4n) is 1.29. The van der Waals surface area contributed by atoms with Gasteiger partial charge in [-0.25, -0.2) is 13.8 Å². The van der Waals surface area contributed by atoms with Crippen molar-refractivity contribution in [2.75, 3.05) is 5.75 Å². The molecule has 0 atom stereocenters. The highest BCUT2D eigenvalue weighted by molar-refractivity contribution is 7.99. The molecule has 0 amide bonds. The van der Waals surface area contributed by atoms with E-state index < -0.39 is 17.2 Å². The van der Waals surface area contributed by atoms with Gasteiger partial charge in [0.25, 0.3) is 0 Å². The van der Waals surface area contributed by atoms with Gasteiger partial charge < -0.3 is 10.1 Å². The Labute approximate surface area is 101 Å². The normalized spacial score (nSPS) is 12.3. The molecule has 0 aliphatic rings. The van der Waals surface area contributed by atoms with Crippen molar-refractivity contribution in [1.29, 1.82) is 0 Å². The second kappa shape index (κ2) is 4.27. The Balaban J connectivity index is 2.26. The first kappa shape index (κ1) is 12.3. The quantitative estimate of drug-likeness (QED) is 0.832. The van der Waals surface area contributed by atoms with Gasteiger partial charge >= 0.3 is 0 Å². The third-order valence-electron chi connectivity index (χ3n) is 2.06. The standard InChI is InChI=1S/C11H12F2N2OS/c1-11(2,16)5-17-10-14-8-3-6(12)7(13)4-9(8)15-10/h3-4,16H,5H2,1-2H3,(H,14,15). The average Bonchev–Trinajstić information content (AvgIpc) is 2.57. The van der Waals surface area contributed by atoms with E-state index in [9.17, 15) is 13.9 Å². The zero-order valence-corrected chi connectivity index (χ0v) is 10.2. The molecule has 92 valence electrons. The maximum absolute atomic E-state index is 13.0. The highest BCUT2D eigenvalue weighted by Gasteiger charge is 2.15. The van der Waals surface area contributed by atoms with E-state index in [4.69, 9.17) is 0 Å². The van der Waals surface area contributed by atoms with E-state index in [1.807, 2.05) is 0 Å². The largest absolute Gasteiger partial charge is 0.390 e. The van der Waals surface area contributed by atoms with Gasteiger partial charge in [-0.05, 0) is 13.8 Å². The molecule has 0 aliphatic carbocycles. The van der Waals surface area contributed by atoms with Crippen LogP contribution in [0.4, 0.5) is 8.78 Å². The number of aromatic nitrogens is 2.